The molecule has 1 aliphatic heterocycles. The van der Waals surface area contributed by atoms with Gasteiger partial charge in [0.05, 0.1) is 6.54 Å². The van der Waals surface area contributed by atoms with E-state index in [1.165, 1.54) is 32.1 Å². The molecule has 1 aliphatic carbocycles. The highest BCUT2D eigenvalue weighted by Crippen LogP contribution is 2.17. The van der Waals surface area contributed by atoms with Crippen molar-refractivity contribution in [3.8, 4) is 0 Å². The number of rotatable bonds is 3. The number of carbonyl (C=O) groups is 1. The third-order valence-electron chi connectivity index (χ3n) is 4.04. The molecule has 0 unspecified atom stereocenters. The normalized spacial score (nSPS) is 21.5. The minimum absolute atomic E-state index is 0.184. The Balaban J connectivity index is 1.71. The molecule has 0 aromatic carbocycles. The molecule has 0 aromatic heterocycles. The number of likely N-dealkylation sites (tertiary alicyclic amines) is 1. The Morgan fingerprint density at radius 3 is 2.47 bits per heavy atom. The summed E-state index contributed by atoms with van der Waals surface area (Å²) in [6.45, 7) is 2.18. The number of carbonyl (C=O) groups excluding carboxylic acids is 1. The van der Waals surface area contributed by atoms with Gasteiger partial charge in [0.25, 0.3) is 0 Å². The minimum Gasteiger partial charge on any atom is -0.354 e. The fourth-order valence-corrected chi connectivity index (χ4v) is 2.87. The summed E-state index contributed by atoms with van der Waals surface area (Å²) in [6, 6.07) is 0.516. The molecule has 0 bridgehead atoms. The van der Waals surface area contributed by atoms with E-state index in [4.69, 9.17) is 0 Å². The third kappa shape index (κ3) is 4.40. The van der Waals surface area contributed by atoms with Crippen molar-refractivity contribution in [2.75, 3.05) is 26.7 Å². The van der Waals surface area contributed by atoms with Gasteiger partial charge >= 0.3 is 0 Å². The fourth-order valence-electron chi connectivity index (χ4n) is 2.87. The van der Waals surface area contributed by atoms with E-state index in [1.54, 1.807) is 7.05 Å². The summed E-state index contributed by atoms with van der Waals surface area (Å²) in [5.41, 5.74) is 0. The molecule has 0 atom stereocenters. The van der Waals surface area contributed by atoms with Crippen LogP contribution in [0.3, 0.4) is 0 Å². The number of amides is 1. The summed E-state index contributed by atoms with van der Waals surface area (Å²) in [6.07, 6.45) is 8.63. The summed E-state index contributed by atoms with van der Waals surface area (Å²) in [5.74, 6) is 0.948. The predicted octanol–water partition coefficient (Wildman–Crippen LogP) is 1.11. The maximum Gasteiger partial charge on any atom is 0.241 e. The van der Waals surface area contributed by atoms with Crippen LogP contribution in [0.4, 0.5) is 0 Å². The van der Waals surface area contributed by atoms with Gasteiger partial charge in [-0.25, -0.2) is 0 Å². The van der Waals surface area contributed by atoms with Gasteiger partial charge in [-0.1, -0.05) is 19.3 Å². The van der Waals surface area contributed by atoms with Crippen LogP contribution < -0.4 is 10.6 Å². The van der Waals surface area contributed by atoms with Crippen molar-refractivity contribution in [1.29, 1.82) is 0 Å². The Labute approximate surface area is 115 Å². The minimum atomic E-state index is 0.184. The molecule has 2 rings (SSSR count). The highest BCUT2D eigenvalue weighted by molar-refractivity contribution is 5.86. The monoisotopic (exact) mass is 266 g/mol. The SMILES string of the molecule is CN=C(NCC(=O)N1CCCC1)NC1CCCCC1. The number of guanidine groups is 1. The van der Waals surface area contributed by atoms with Crippen molar-refractivity contribution in [2.24, 2.45) is 4.99 Å². The Morgan fingerprint density at radius 2 is 1.84 bits per heavy atom. The van der Waals surface area contributed by atoms with E-state index in [9.17, 15) is 4.79 Å². The third-order valence-corrected chi connectivity index (χ3v) is 4.04. The molecule has 5 heteroatoms. The van der Waals surface area contributed by atoms with Crippen molar-refractivity contribution in [2.45, 2.75) is 51.0 Å². The molecule has 1 saturated carbocycles. The molecule has 0 aromatic rings. The molecule has 2 fully saturated rings. The van der Waals surface area contributed by atoms with Crippen LogP contribution in [0.25, 0.3) is 0 Å². The highest BCUT2D eigenvalue weighted by Gasteiger charge is 2.19. The van der Waals surface area contributed by atoms with Gasteiger partial charge in [0.2, 0.25) is 5.91 Å². The van der Waals surface area contributed by atoms with Gasteiger partial charge in [-0.05, 0) is 25.7 Å². The van der Waals surface area contributed by atoms with E-state index in [0.29, 0.717) is 12.6 Å². The van der Waals surface area contributed by atoms with Gasteiger partial charge in [-0.15, -0.1) is 0 Å². The zero-order chi connectivity index (χ0) is 13.5. The van der Waals surface area contributed by atoms with Crippen molar-refractivity contribution >= 4 is 11.9 Å². The molecule has 5 nitrogen and oxygen atoms in total. The molecule has 108 valence electrons. The van der Waals surface area contributed by atoms with Gasteiger partial charge < -0.3 is 15.5 Å². The average molecular weight is 266 g/mol. The van der Waals surface area contributed by atoms with Crippen LogP contribution in [-0.2, 0) is 4.79 Å². The Morgan fingerprint density at radius 1 is 1.16 bits per heavy atom. The van der Waals surface area contributed by atoms with Gasteiger partial charge in [-0.2, -0.15) is 0 Å². The first-order valence-corrected chi connectivity index (χ1v) is 7.54. The van der Waals surface area contributed by atoms with E-state index in [1.807, 2.05) is 4.90 Å². The van der Waals surface area contributed by atoms with E-state index >= 15 is 0 Å². The van der Waals surface area contributed by atoms with Crippen LogP contribution in [-0.4, -0.2) is 49.5 Å². The lowest BCUT2D eigenvalue weighted by Gasteiger charge is -2.25. The first-order valence-electron chi connectivity index (χ1n) is 7.54. The van der Waals surface area contributed by atoms with Gasteiger partial charge in [0.1, 0.15) is 0 Å². The second-order valence-electron chi connectivity index (χ2n) is 5.49. The first kappa shape index (κ1) is 14.2. The molecule has 1 heterocycles. The van der Waals surface area contributed by atoms with Crippen LogP contribution in [0.5, 0.6) is 0 Å². The highest BCUT2D eigenvalue weighted by atomic mass is 16.2. The zero-order valence-corrected chi connectivity index (χ0v) is 12.0. The van der Waals surface area contributed by atoms with E-state index in [-0.39, 0.29) is 5.91 Å². The van der Waals surface area contributed by atoms with Gasteiger partial charge in [-0.3, -0.25) is 9.79 Å². The summed E-state index contributed by atoms with van der Waals surface area (Å²) in [7, 11) is 1.76. The molecule has 0 radical (unpaired) electrons. The number of nitrogens with one attached hydrogen (secondary N) is 2. The lowest BCUT2D eigenvalue weighted by molar-refractivity contribution is -0.128. The number of hydrogen-bond acceptors (Lipinski definition) is 2. The van der Waals surface area contributed by atoms with Gasteiger partial charge in [0.15, 0.2) is 5.96 Å². The average Bonchev–Trinajstić information content (AvgIpc) is 2.98. The Kier molecular flexibility index (Phi) is 5.48. The predicted molar refractivity (Wildman–Crippen MR) is 77.2 cm³/mol. The second kappa shape index (κ2) is 7.36. The van der Waals surface area contributed by atoms with Crippen molar-refractivity contribution in [3.63, 3.8) is 0 Å². The fraction of sp³-hybridized carbons (Fsp3) is 0.857. The number of nitrogens with zero attached hydrogens (tertiary/aromatic N) is 2. The van der Waals surface area contributed by atoms with E-state index in [0.717, 1.165) is 31.9 Å². The number of aliphatic imine (C=N–C) groups is 1. The largest absolute Gasteiger partial charge is 0.354 e. The molecule has 2 N–H and O–H groups in total. The molecule has 2 aliphatic rings. The summed E-state index contributed by atoms with van der Waals surface area (Å²) in [4.78, 5) is 18.1. The quantitative estimate of drug-likeness (QED) is 0.594. The number of hydrogen-bond donors (Lipinski definition) is 2. The molecular formula is C14H26N4O. The Bertz CT molecular complexity index is 317. The molecular weight excluding hydrogens is 240 g/mol. The molecule has 19 heavy (non-hydrogen) atoms. The lowest BCUT2D eigenvalue weighted by atomic mass is 9.96. The van der Waals surface area contributed by atoms with Crippen molar-refractivity contribution in [3.05, 3.63) is 0 Å². The molecule has 1 saturated heterocycles. The van der Waals surface area contributed by atoms with Crippen LogP contribution in [0.2, 0.25) is 0 Å². The molecule has 1 amide bonds. The van der Waals surface area contributed by atoms with Crippen LogP contribution in [0.15, 0.2) is 4.99 Å². The molecule has 0 spiro atoms. The smallest absolute Gasteiger partial charge is 0.241 e. The van der Waals surface area contributed by atoms with Crippen LogP contribution in [0, 0.1) is 0 Å². The van der Waals surface area contributed by atoms with Gasteiger partial charge in [0, 0.05) is 26.2 Å². The lowest BCUT2D eigenvalue weighted by Crippen LogP contribution is -2.47. The maximum atomic E-state index is 11.9. The van der Waals surface area contributed by atoms with Crippen molar-refractivity contribution in [1.82, 2.24) is 15.5 Å². The van der Waals surface area contributed by atoms with E-state index < -0.39 is 0 Å². The Hall–Kier alpha value is -1.26. The maximum absolute atomic E-state index is 11.9. The van der Waals surface area contributed by atoms with E-state index in [2.05, 4.69) is 15.6 Å². The van der Waals surface area contributed by atoms with Crippen LogP contribution in [0.1, 0.15) is 44.9 Å². The first-order chi connectivity index (χ1) is 9.29. The second-order valence-corrected chi connectivity index (χ2v) is 5.49. The van der Waals surface area contributed by atoms with Crippen LogP contribution >= 0.6 is 0 Å². The van der Waals surface area contributed by atoms with Crippen molar-refractivity contribution < 1.29 is 4.79 Å². The summed E-state index contributed by atoms with van der Waals surface area (Å²) in [5, 5.41) is 6.56. The topological polar surface area (TPSA) is 56.7 Å². The summed E-state index contributed by atoms with van der Waals surface area (Å²) < 4.78 is 0. The standard InChI is InChI=1S/C14H26N4O/c1-15-14(17-12-7-3-2-4-8-12)16-11-13(19)18-9-5-6-10-18/h12H,2-11H2,1H3,(H2,15,16,17). The zero-order valence-electron chi connectivity index (χ0n) is 12.0. The summed E-state index contributed by atoms with van der Waals surface area (Å²) >= 11 is 0.